The summed E-state index contributed by atoms with van der Waals surface area (Å²) in [6, 6.07) is 11.5. The molecule has 0 saturated carbocycles. The molecule has 0 heterocycles. The molecule has 0 fully saturated rings. The van der Waals surface area contributed by atoms with Crippen LogP contribution < -0.4 is 5.32 Å². The van der Waals surface area contributed by atoms with E-state index < -0.39 is 0 Å². The van der Waals surface area contributed by atoms with Gasteiger partial charge in [-0.05, 0) is 30.9 Å². The minimum Gasteiger partial charge on any atom is -0.310 e. The van der Waals surface area contributed by atoms with Crippen molar-refractivity contribution in [2.75, 3.05) is 6.54 Å². The van der Waals surface area contributed by atoms with Gasteiger partial charge in [-0.15, -0.1) is 0 Å². The van der Waals surface area contributed by atoms with E-state index in [4.69, 9.17) is 0 Å². The molecule has 1 aromatic rings. The van der Waals surface area contributed by atoms with Crippen molar-refractivity contribution >= 4 is 0 Å². The second kappa shape index (κ2) is 10.0. The molecule has 0 aliphatic rings. The molecule has 0 aromatic heterocycles. The Morgan fingerprint density at radius 1 is 1.00 bits per heavy atom. The van der Waals surface area contributed by atoms with Crippen LogP contribution in [0.3, 0.4) is 0 Å². The topological polar surface area (TPSA) is 12.0 Å². The Bertz CT molecular complexity index is 307. The summed E-state index contributed by atoms with van der Waals surface area (Å²) in [6.07, 6.45) is 7.85. The molecule has 1 heteroatoms. The van der Waals surface area contributed by atoms with Gasteiger partial charge in [0.05, 0.1) is 0 Å². The normalized spacial score (nSPS) is 14.3. The number of rotatable bonds is 10. The molecular weight excluding hydrogens is 230 g/mol. The smallest absolute Gasteiger partial charge is 0.0322 e. The fourth-order valence-corrected chi connectivity index (χ4v) is 2.66. The average molecular weight is 261 g/mol. The molecule has 0 saturated heterocycles. The molecule has 1 N–H and O–H groups in total. The SMILES string of the molecule is CCCCC(CC)CC(NCCC)c1ccccc1. The minimum atomic E-state index is 0.531. The summed E-state index contributed by atoms with van der Waals surface area (Å²) in [5.74, 6) is 0.856. The van der Waals surface area contributed by atoms with E-state index in [1.807, 2.05) is 0 Å². The lowest BCUT2D eigenvalue weighted by atomic mass is 9.89. The quantitative estimate of drug-likeness (QED) is 0.600. The van der Waals surface area contributed by atoms with Gasteiger partial charge in [-0.2, -0.15) is 0 Å². The summed E-state index contributed by atoms with van der Waals surface area (Å²) in [4.78, 5) is 0. The first-order valence-electron chi connectivity index (χ1n) is 8.10. The van der Waals surface area contributed by atoms with Gasteiger partial charge in [0.25, 0.3) is 0 Å². The third-order valence-electron chi connectivity index (χ3n) is 3.95. The van der Waals surface area contributed by atoms with E-state index in [9.17, 15) is 0 Å². The molecule has 0 bridgehead atoms. The Kier molecular flexibility index (Phi) is 8.57. The molecule has 2 atom stereocenters. The van der Waals surface area contributed by atoms with Crippen LogP contribution in [0.15, 0.2) is 30.3 Å². The monoisotopic (exact) mass is 261 g/mol. The Balaban J connectivity index is 2.62. The van der Waals surface area contributed by atoms with Crippen LogP contribution in [0.1, 0.15) is 70.9 Å². The van der Waals surface area contributed by atoms with Gasteiger partial charge in [0.1, 0.15) is 0 Å². The number of unbranched alkanes of at least 4 members (excludes halogenated alkanes) is 1. The van der Waals surface area contributed by atoms with Crippen LogP contribution in [0.2, 0.25) is 0 Å². The summed E-state index contributed by atoms with van der Waals surface area (Å²) in [5.41, 5.74) is 1.45. The van der Waals surface area contributed by atoms with Crippen LogP contribution in [0.5, 0.6) is 0 Å². The first-order chi connectivity index (χ1) is 9.31. The maximum atomic E-state index is 3.73. The number of nitrogens with one attached hydrogen (secondary N) is 1. The van der Waals surface area contributed by atoms with Gasteiger partial charge in [-0.1, -0.05) is 76.8 Å². The van der Waals surface area contributed by atoms with Crippen molar-refractivity contribution in [1.29, 1.82) is 0 Å². The highest BCUT2D eigenvalue weighted by atomic mass is 14.9. The standard InChI is InChI=1S/C18H31N/c1-4-7-11-16(6-3)15-18(19-14-5-2)17-12-9-8-10-13-17/h8-10,12-13,16,18-19H,4-7,11,14-15H2,1-3H3. The lowest BCUT2D eigenvalue weighted by Crippen LogP contribution is -2.24. The summed E-state index contributed by atoms with van der Waals surface area (Å²) in [5, 5.41) is 3.73. The molecule has 0 aliphatic carbocycles. The van der Waals surface area contributed by atoms with Crippen LogP contribution >= 0.6 is 0 Å². The predicted molar refractivity (Wildman–Crippen MR) is 85.4 cm³/mol. The maximum Gasteiger partial charge on any atom is 0.0322 e. The van der Waals surface area contributed by atoms with Gasteiger partial charge in [0.15, 0.2) is 0 Å². The average Bonchev–Trinajstić information content (AvgIpc) is 2.47. The molecule has 1 aromatic carbocycles. The van der Waals surface area contributed by atoms with Crippen molar-refractivity contribution in [3.63, 3.8) is 0 Å². The first-order valence-corrected chi connectivity index (χ1v) is 8.10. The second-order valence-electron chi connectivity index (χ2n) is 5.57. The largest absolute Gasteiger partial charge is 0.310 e. The lowest BCUT2D eigenvalue weighted by Gasteiger charge is -2.24. The van der Waals surface area contributed by atoms with E-state index in [1.165, 1.54) is 44.1 Å². The molecule has 1 nitrogen and oxygen atoms in total. The molecule has 108 valence electrons. The maximum absolute atomic E-state index is 3.73. The molecule has 0 amide bonds. The van der Waals surface area contributed by atoms with Crippen molar-refractivity contribution in [2.24, 2.45) is 5.92 Å². The van der Waals surface area contributed by atoms with Gasteiger partial charge in [-0.3, -0.25) is 0 Å². The van der Waals surface area contributed by atoms with Crippen molar-refractivity contribution in [2.45, 2.75) is 65.3 Å². The molecule has 0 spiro atoms. The number of benzene rings is 1. The van der Waals surface area contributed by atoms with Gasteiger partial charge in [0, 0.05) is 6.04 Å². The zero-order chi connectivity index (χ0) is 13.9. The number of hydrogen-bond donors (Lipinski definition) is 1. The van der Waals surface area contributed by atoms with Crippen molar-refractivity contribution < 1.29 is 0 Å². The summed E-state index contributed by atoms with van der Waals surface area (Å²) in [7, 11) is 0. The fraction of sp³-hybridized carbons (Fsp3) is 0.667. The molecule has 0 aliphatic heterocycles. The van der Waals surface area contributed by atoms with Gasteiger partial charge >= 0.3 is 0 Å². The van der Waals surface area contributed by atoms with Gasteiger partial charge in [0.2, 0.25) is 0 Å². The van der Waals surface area contributed by atoms with E-state index in [0.717, 1.165) is 12.5 Å². The summed E-state index contributed by atoms with van der Waals surface area (Å²) < 4.78 is 0. The van der Waals surface area contributed by atoms with Crippen LogP contribution in [0.25, 0.3) is 0 Å². The van der Waals surface area contributed by atoms with Crippen LogP contribution in [-0.4, -0.2) is 6.54 Å². The minimum absolute atomic E-state index is 0.531. The van der Waals surface area contributed by atoms with Gasteiger partial charge in [-0.25, -0.2) is 0 Å². The Morgan fingerprint density at radius 3 is 2.32 bits per heavy atom. The van der Waals surface area contributed by atoms with Crippen LogP contribution in [0, 0.1) is 5.92 Å². The Hall–Kier alpha value is -0.820. The molecule has 2 unspecified atom stereocenters. The zero-order valence-electron chi connectivity index (χ0n) is 13.0. The van der Waals surface area contributed by atoms with Gasteiger partial charge < -0.3 is 5.32 Å². The van der Waals surface area contributed by atoms with Crippen molar-refractivity contribution in [3.8, 4) is 0 Å². The lowest BCUT2D eigenvalue weighted by molar-refractivity contribution is 0.353. The highest BCUT2D eigenvalue weighted by Crippen LogP contribution is 2.26. The molecule has 0 radical (unpaired) electrons. The molecule has 19 heavy (non-hydrogen) atoms. The zero-order valence-corrected chi connectivity index (χ0v) is 13.0. The highest BCUT2D eigenvalue weighted by molar-refractivity contribution is 5.18. The third kappa shape index (κ3) is 6.24. The van der Waals surface area contributed by atoms with Crippen molar-refractivity contribution in [3.05, 3.63) is 35.9 Å². The Morgan fingerprint density at radius 2 is 1.74 bits per heavy atom. The van der Waals surface area contributed by atoms with E-state index >= 15 is 0 Å². The highest BCUT2D eigenvalue weighted by Gasteiger charge is 2.16. The van der Waals surface area contributed by atoms with E-state index in [0.29, 0.717) is 6.04 Å². The van der Waals surface area contributed by atoms with E-state index in [2.05, 4.69) is 56.4 Å². The van der Waals surface area contributed by atoms with Crippen LogP contribution in [-0.2, 0) is 0 Å². The van der Waals surface area contributed by atoms with E-state index in [-0.39, 0.29) is 0 Å². The summed E-state index contributed by atoms with van der Waals surface area (Å²) in [6.45, 7) is 7.98. The van der Waals surface area contributed by atoms with Crippen molar-refractivity contribution in [1.82, 2.24) is 5.32 Å². The van der Waals surface area contributed by atoms with Crippen LogP contribution in [0.4, 0.5) is 0 Å². The second-order valence-corrected chi connectivity index (χ2v) is 5.57. The predicted octanol–water partition coefficient (Wildman–Crippen LogP) is 5.33. The fourth-order valence-electron chi connectivity index (χ4n) is 2.66. The Labute approximate surface area is 119 Å². The first kappa shape index (κ1) is 16.2. The summed E-state index contributed by atoms with van der Waals surface area (Å²) >= 11 is 0. The van der Waals surface area contributed by atoms with E-state index in [1.54, 1.807) is 0 Å². The molecule has 1 rings (SSSR count). The third-order valence-corrected chi connectivity index (χ3v) is 3.95. The number of hydrogen-bond acceptors (Lipinski definition) is 1. The molecular formula is C18H31N.